The number of anilines is 2. The topological polar surface area (TPSA) is 36.3 Å². The number of piperidine rings is 1. The normalized spacial score (nSPS) is 19.6. The van der Waals surface area contributed by atoms with E-state index in [9.17, 15) is 0 Å². The molecule has 4 aromatic rings. The van der Waals surface area contributed by atoms with Crippen molar-refractivity contribution < 1.29 is 0 Å². The highest BCUT2D eigenvalue weighted by Crippen LogP contribution is 2.45. The molecule has 2 aromatic heterocycles. The van der Waals surface area contributed by atoms with E-state index >= 15 is 0 Å². The minimum Gasteiger partial charge on any atom is -0.370 e. The molecule has 4 heterocycles. The number of hydrogen-bond donors (Lipinski definition) is 1. The molecule has 2 aliphatic rings. The summed E-state index contributed by atoms with van der Waals surface area (Å²) in [5.74, 6) is 0.768. The Labute approximate surface area is 254 Å². The second-order valence-corrected chi connectivity index (χ2v) is 12.6. The summed E-state index contributed by atoms with van der Waals surface area (Å²) in [5, 5.41) is 5.06. The van der Waals surface area contributed by atoms with E-state index in [1.54, 1.807) is 0 Å². The zero-order valence-corrected chi connectivity index (χ0v) is 26.1. The highest BCUT2D eigenvalue weighted by atomic mass is 35.5. The molecule has 6 rings (SSSR count). The molecule has 2 aliphatic heterocycles. The number of rotatable bonds is 5. The van der Waals surface area contributed by atoms with Gasteiger partial charge in [0, 0.05) is 42.0 Å². The van der Waals surface area contributed by atoms with Crippen molar-refractivity contribution in [3.05, 3.63) is 106 Å². The highest BCUT2D eigenvalue weighted by molar-refractivity contribution is 7.80. The summed E-state index contributed by atoms with van der Waals surface area (Å²) < 4.78 is 2.36. The van der Waals surface area contributed by atoms with Gasteiger partial charge >= 0.3 is 0 Å². The van der Waals surface area contributed by atoms with Gasteiger partial charge in [0.2, 0.25) is 0 Å². The molecule has 2 aromatic carbocycles. The molecule has 0 radical (unpaired) electrons. The van der Waals surface area contributed by atoms with Crippen molar-refractivity contribution >= 4 is 40.3 Å². The lowest BCUT2D eigenvalue weighted by molar-refractivity contribution is 0.438. The molecule has 7 heteroatoms. The minimum absolute atomic E-state index is 0.0963. The van der Waals surface area contributed by atoms with E-state index < -0.39 is 0 Å². The summed E-state index contributed by atoms with van der Waals surface area (Å²) in [5.41, 5.74) is 10.3. The summed E-state index contributed by atoms with van der Waals surface area (Å²) in [6, 6.07) is 21.3. The Balaban J connectivity index is 1.45. The number of nitrogens with one attached hydrogen (secondary N) is 1. The molecule has 212 valence electrons. The van der Waals surface area contributed by atoms with Crippen LogP contribution in [0.5, 0.6) is 0 Å². The first kappa shape index (κ1) is 27.8. The number of nitrogens with zero attached hydrogens (tertiary/aromatic N) is 4. The lowest BCUT2D eigenvalue weighted by Gasteiger charge is -2.33. The van der Waals surface area contributed by atoms with E-state index in [0.717, 1.165) is 41.1 Å². The van der Waals surface area contributed by atoms with Gasteiger partial charge in [-0.05, 0) is 124 Å². The van der Waals surface area contributed by atoms with Crippen LogP contribution in [-0.4, -0.2) is 27.8 Å². The van der Waals surface area contributed by atoms with Crippen molar-refractivity contribution in [2.24, 2.45) is 5.92 Å². The first-order valence-electron chi connectivity index (χ1n) is 14.5. The van der Waals surface area contributed by atoms with Gasteiger partial charge in [-0.2, -0.15) is 0 Å². The van der Waals surface area contributed by atoms with Gasteiger partial charge < -0.3 is 19.7 Å². The van der Waals surface area contributed by atoms with Crippen molar-refractivity contribution in [2.45, 2.75) is 59.5 Å². The van der Waals surface area contributed by atoms with Crippen LogP contribution in [0.3, 0.4) is 0 Å². The molecule has 41 heavy (non-hydrogen) atoms. The Kier molecular flexibility index (Phi) is 7.56. The van der Waals surface area contributed by atoms with E-state index in [-0.39, 0.29) is 12.1 Å². The number of benzene rings is 2. The van der Waals surface area contributed by atoms with Gasteiger partial charge in [0.15, 0.2) is 5.11 Å². The average molecular weight is 584 g/mol. The molecule has 0 saturated carbocycles. The molecule has 0 spiro atoms. The number of thiocarbonyl (C=S) groups is 1. The third kappa shape index (κ3) is 5.24. The first-order valence-corrected chi connectivity index (χ1v) is 15.3. The molecule has 0 unspecified atom stereocenters. The summed E-state index contributed by atoms with van der Waals surface area (Å²) >= 11 is 13.0. The molecule has 0 bridgehead atoms. The van der Waals surface area contributed by atoms with E-state index in [0.29, 0.717) is 5.11 Å². The maximum absolute atomic E-state index is 6.99. The molecular formula is C34H38ClN5S. The van der Waals surface area contributed by atoms with Gasteiger partial charge in [0.1, 0.15) is 0 Å². The molecule has 2 saturated heterocycles. The zero-order valence-electron chi connectivity index (χ0n) is 24.5. The SMILES string of the molecule is Cc1cc(C)cc(-n2c(C)cc([C@H]3[C@H](c4ccccn4)NC(=S)N3c3ccc(N4CCC(C)CC4)c(Cl)c3)c2C)c1. The fourth-order valence-corrected chi connectivity index (χ4v) is 7.30. The van der Waals surface area contributed by atoms with Crippen LogP contribution in [0.4, 0.5) is 11.4 Å². The Hall–Kier alpha value is -3.35. The van der Waals surface area contributed by atoms with Crippen molar-refractivity contribution in [1.82, 2.24) is 14.9 Å². The predicted molar refractivity (Wildman–Crippen MR) is 175 cm³/mol. The Bertz CT molecular complexity index is 1570. The van der Waals surface area contributed by atoms with E-state index in [1.165, 1.54) is 46.6 Å². The van der Waals surface area contributed by atoms with E-state index in [1.807, 2.05) is 18.3 Å². The van der Waals surface area contributed by atoms with Gasteiger partial charge in [-0.1, -0.05) is 30.7 Å². The molecule has 5 nitrogen and oxygen atoms in total. The fourth-order valence-electron chi connectivity index (χ4n) is 6.66. The van der Waals surface area contributed by atoms with Crippen LogP contribution in [0.15, 0.2) is 66.9 Å². The number of pyridine rings is 1. The summed E-state index contributed by atoms with van der Waals surface area (Å²) in [4.78, 5) is 9.40. The smallest absolute Gasteiger partial charge is 0.174 e. The number of hydrogen-bond acceptors (Lipinski definition) is 3. The van der Waals surface area contributed by atoms with Gasteiger partial charge in [0.25, 0.3) is 0 Å². The van der Waals surface area contributed by atoms with Crippen LogP contribution >= 0.6 is 23.8 Å². The molecule has 0 aliphatic carbocycles. The first-order chi connectivity index (χ1) is 19.7. The lowest BCUT2D eigenvalue weighted by atomic mass is 9.96. The van der Waals surface area contributed by atoms with Crippen LogP contribution in [0.2, 0.25) is 5.02 Å². The Morgan fingerprint density at radius 2 is 1.63 bits per heavy atom. The van der Waals surface area contributed by atoms with Gasteiger partial charge in [0.05, 0.1) is 28.5 Å². The molecule has 0 amide bonds. The van der Waals surface area contributed by atoms with Crippen LogP contribution in [0.1, 0.15) is 65.6 Å². The third-order valence-corrected chi connectivity index (χ3v) is 9.30. The second-order valence-electron chi connectivity index (χ2n) is 11.8. The predicted octanol–water partition coefficient (Wildman–Crippen LogP) is 8.17. The van der Waals surface area contributed by atoms with Crippen LogP contribution in [0.25, 0.3) is 5.69 Å². The van der Waals surface area contributed by atoms with Crippen molar-refractivity contribution in [2.75, 3.05) is 22.9 Å². The summed E-state index contributed by atoms with van der Waals surface area (Å²) in [6.07, 6.45) is 4.24. The Morgan fingerprint density at radius 1 is 0.902 bits per heavy atom. The monoisotopic (exact) mass is 583 g/mol. The van der Waals surface area contributed by atoms with Crippen LogP contribution in [-0.2, 0) is 0 Å². The van der Waals surface area contributed by atoms with Gasteiger partial charge in [-0.3, -0.25) is 4.98 Å². The largest absolute Gasteiger partial charge is 0.370 e. The molecule has 1 N–H and O–H groups in total. The van der Waals surface area contributed by atoms with E-state index in [4.69, 9.17) is 28.8 Å². The quantitative estimate of drug-likeness (QED) is 0.240. The van der Waals surface area contributed by atoms with Crippen LogP contribution in [0, 0.1) is 33.6 Å². The number of aromatic nitrogens is 2. The second kappa shape index (κ2) is 11.1. The van der Waals surface area contributed by atoms with Crippen molar-refractivity contribution in [3.63, 3.8) is 0 Å². The van der Waals surface area contributed by atoms with Gasteiger partial charge in [-0.25, -0.2) is 0 Å². The van der Waals surface area contributed by atoms with E-state index in [2.05, 4.69) is 103 Å². The lowest BCUT2D eigenvalue weighted by Crippen LogP contribution is -2.33. The van der Waals surface area contributed by atoms with Crippen molar-refractivity contribution in [1.29, 1.82) is 0 Å². The maximum Gasteiger partial charge on any atom is 0.174 e. The summed E-state index contributed by atoms with van der Waals surface area (Å²) in [7, 11) is 0. The average Bonchev–Trinajstić information content (AvgIpc) is 3.44. The minimum atomic E-state index is -0.112. The number of aryl methyl sites for hydroxylation is 3. The van der Waals surface area contributed by atoms with Crippen molar-refractivity contribution in [3.8, 4) is 5.69 Å². The summed E-state index contributed by atoms with van der Waals surface area (Å²) in [6.45, 7) is 13.1. The van der Waals surface area contributed by atoms with Crippen LogP contribution < -0.4 is 15.1 Å². The third-order valence-electron chi connectivity index (χ3n) is 8.69. The molecule has 2 fully saturated rings. The maximum atomic E-state index is 6.99. The Morgan fingerprint density at radius 3 is 2.29 bits per heavy atom. The highest BCUT2D eigenvalue weighted by Gasteiger charge is 2.42. The standard InChI is InChI=1S/C34H38ClN5S/c1-21-11-14-38(15-12-21)31-10-9-26(20-29(31)35)40-33(32(37-34(40)41)30-8-6-7-13-36-30)28-19-24(4)39(25(28)5)27-17-22(2)16-23(3)18-27/h6-10,13,16-21,32-33H,11-12,14-15H2,1-5H3,(H,37,41)/t32-,33-/m0/s1. The van der Waals surface area contributed by atoms with Gasteiger partial charge in [-0.15, -0.1) is 0 Å². The molecular weight excluding hydrogens is 546 g/mol. The fraction of sp³-hybridized carbons (Fsp3) is 0.353. The zero-order chi connectivity index (χ0) is 28.8. The molecule has 2 atom stereocenters. The number of halogens is 1.